The molecular weight excluding hydrogens is 380 g/mol. The minimum Gasteiger partial charge on any atom is -0.463 e. The minimum absolute atomic E-state index is 0.0865. The molecule has 0 aromatic rings. The van der Waals surface area contributed by atoms with Crippen molar-refractivity contribution in [2.24, 2.45) is 40.4 Å². The maximum atomic E-state index is 11.6. The summed E-state index contributed by atoms with van der Waals surface area (Å²) in [5, 5.41) is 11.6. The zero-order valence-electron chi connectivity index (χ0n) is 19.2. The van der Waals surface area contributed by atoms with Crippen molar-refractivity contribution in [3.8, 4) is 0 Å². The standard InChI is InChI=1S/C25H40O5/c1-15(26)30-17-9-10-23(2)16(13-17)5-6-18-19-7-8-21(25(4)28-11-12-29-25)24(19,3)22(27)14-20(18)23/h16-22,27H,5-14H2,1-4H3/t16-,17-,18?,19?,20?,21-,22-,23-,24-/m0/s1. The molecule has 1 aliphatic heterocycles. The van der Waals surface area contributed by atoms with Crippen LogP contribution >= 0.6 is 0 Å². The van der Waals surface area contributed by atoms with Crippen LogP contribution in [0.1, 0.15) is 79.1 Å². The van der Waals surface area contributed by atoms with Gasteiger partial charge in [0, 0.05) is 18.3 Å². The summed E-state index contributed by atoms with van der Waals surface area (Å²) in [6.45, 7) is 9.77. The van der Waals surface area contributed by atoms with Gasteiger partial charge in [-0.2, -0.15) is 0 Å². The number of rotatable bonds is 2. The Balaban J connectivity index is 1.39. The van der Waals surface area contributed by atoms with Gasteiger partial charge in [-0.25, -0.2) is 0 Å². The van der Waals surface area contributed by atoms with E-state index in [-0.39, 0.29) is 34.9 Å². The molecule has 5 heteroatoms. The molecule has 170 valence electrons. The lowest BCUT2D eigenvalue weighted by Crippen LogP contribution is -2.60. The highest BCUT2D eigenvalue weighted by Gasteiger charge is 2.66. The molecule has 0 spiro atoms. The molecule has 0 bridgehead atoms. The summed E-state index contributed by atoms with van der Waals surface area (Å²) in [5.41, 5.74) is 0.128. The Bertz CT molecular complexity index is 687. The first-order valence-electron chi connectivity index (χ1n) is 12.3. The number of carbonyl (C=O) groups excluding carboxylic acids is 1. The number of esters is 1. The highest BCUT2D eigenvalue weighted by atomic mass is 16.7. The smallest absolute Gasteiger partial charge is 0.302 e. The van der Waals surface area contributed by atoms with Gasteiger partial charge in [0.15, 0.2) is 5.79 Å². The van der Waals surface area contributed by atoms with E-state index in [1.165, 1.54) is 26.2 Å². The Morgan fingerprint density at radius 1 is 0.967 bits per heavy atom. The van der Waals surface area contributed by atoms with Gasteiger partial charge in [-0.15, -0.1) is 0 Å². The van der Waals surface area contributed by atoms with Gasteiger partial charge in [-0.3, -0.25) is 4.79 Å². The van der Waals surface area contributed by atoms with E-state index in [1.54, 1.807) is 0 Å². The number of aliphatic hydroxyl groups excluding tert-OH is 1. The van der Waals surface area contributed by atoms with Crippen LogP contribution in [0.15, 0.2) is 0 Å². The van der Waals surface area contributed by atoms with Crippen molar-refractivity contribution in [2.75, 3.05) is 13.2 Å². The lowest BCUT2D eigenvalue weighted by Gasteiger charge is -2.62. The predicted molar refractivity (Wildman–Crippen MR) is 112 cm³/mol. The van der Waals surface area contributed by atoms with Gasteiger partial charge in [0.25, 0.3) is 0 Å². The fourth-order valence-corrected chi connectivity index (χ4v) is 9.10. The van der Waals surface area contributed by atoms with Crippen molar-refractivity contribution in [2.45, 2.75) is 97.1 Å². The summed E-state index contributed by atoms with van der Waals surface area (Å²) in [6, 6.07) is 0. The SMILES string of the molecule is CC(=O)O[C@H]1CC[C@]2(C)C3C[C@H](O)[C@@]4(C)C(CC[C@@H]4C4(C)OCCO4)C3CC[C@H]2C1. The molecule has 1 saturated heterocycles. The minimum atomic E-state index is -0.541. The fraction of sp³-hybridized carbons (Fsp3) is 0.960. The monoisotopic (exact) mass is 420 g/mol. The molecule has 1 heterocycles. The highest BCUT2D eigenvalue weighted by molar-refractivity contribution is 5.66. The molecule has 0 aromatic heterocycles. The second kappa shape index (κ2) is 7.18. The summed E-state index contributed by atoms with van der Waals surface area (Å²) >= 11 is 0. The molecule has 4 saturated carbocycles. The molecule has 4 aliphatic carbocycles. The lowest BCUT2D eigenvalue weighted by atomic mass is 9.44. The first kappa shape index (κ1) is 21.2. The van der Waals surface area contributed by atoms with E-state index < -0.39 is 5.79 Å². The van der Waals surface area contributed by atoms with Crippen LogP contribution < -0.4 is 0 Å². The zero-order chi connectivity index (χ0) is 21.3. The number of hydrogen-bond donors (Lipinski definition) is 1. The third-order valence-electron chi connectivity index (χ3n) is 10.6. The highest BCUT2D eigenvalue weighted by Crippen LogP contribution is 2.69. The maximum Gasteiger partial charge on any atom is 0.302 e. The Morgan fingerprint density at radius 2 is 1.70 bits per heavy atom. The van der Waals surface area contributed by atoms with Crippen molar-refractivity contribution in [1.29, 1.82) is 0 Å². The third kappa shape index (κ3) is 2.94. The summed E-state index contributed by atoms with van der Waals surface area (Å²) in [7, 11) is 0. The van der Waals surface area contributed by atoms with Gasteiger partial charge in [0.1, 0.15) is 6.10 Å². The molecule has 1 N–H and O–H groups in total. The van der Waals surface area contributed by atoms with Crippen LogP contribution in [0.3, 0.4) is 0 Å². The van der Waals surface area contributed by atoms with Crippen molar-refractivity contribution in [1.82, 2.24) is 0 Å². The van der Waals surface area contributed by atoms with Crippen LogP contribution in [0.4, 0.5) is 0 Å². The number of aliphatic hydroxyl groups is 1. The predicted octanol–water partition coefficient (Wildman–Crippen LogP) is 4.31. The molecule has 30 heavy (non-hydrogen) atoms. The van der Waals surface area contributed by atoms with E-state index in [2.05, 4.69) is 20.8 Å². The molecule has 0 aromatic carbocycles. The molecule has 3 unspecified atom stereocenters. The molecule has 5 rings (SSSR count). The van der Waals surface area contributed by atoms with Crippen LogP contribution in [0, 0.1) is 40.4 Å². The Labute approximate surface area is 181 Å². The van der Waals surface area contributed by atoms with Crippen LogP contribution in [0.25, 0.3) is 0 Å². The zero-order valence-corrected chi connectivity index (χ0v) is 19.2. The summed E-state index contributed by atoms with van der Waals surface area (Å²) in [5.74, 6) is 1.97. The molecule has 9 atom stereocenters. The van der Waals surface area contributed by atoms with Gasteiger partial charge in [-0.05, 0) is 87.4 Å². The summed E-state index contributed by atoms with van der Waals surface area (Å²) < 4.78 is 17.8. The number of carbonyl (C=O) groups is 1. The Morgan fingerprint density at radius 3 is 2.40 bits per heavy atom. The van der Waals surface area contributed by atoms with Gasteiger partial charge in [0.2, 0.25) is 0 Å². The van der Waals surface area contributed by atoms with Gasteiger partial charge in [-0.1, -0.05) is 13.8 Å². The van der Waals surface area contributed by atoms with Gasteiger partial charge in [0.05, 0.1) is 19.3 Å². The van der Waals surface area contributed by atoms with Crippen molar-refractivity contribution < 1.29 is 24.1 Å². The second-order valence-corrected chi connectivity index (χ2v) is 11.6. The molecule has 0 amide bonds. The van der Waals surface area contributed by atoms with E-state index in [0.29, 0.717) is 36.9 Å². The molecule has 5 aliphatic rings. The van der Waals surface area contributed by atoms with Crippen molar-refractivity contribution in [3.05, 3.63) is 0 Å². The van der Waals surface area contributed by atoms with E-state index >= 15 is 0 Å². The molecule has 5 nitrogen and oxygen atoms in total. The summed E-state index contributed by atoms with van der Waals surface area (Å²) in [6.07, 6.45) is 8.51. The molecule has 0 radical (unpaired) electrons. The van der Waals surface area contributed by atoms with E-state index in [1.807, 2.05) is 0 Å². The normalized spacial score (nSPS) is 52.2. The largest absolute Gasteiger partial charge is 0.463 e. The van der Waals surface area contributed by atoms with Crippen LogP contribution in [-0.4, -0.2) is 42.3 Å². The van der Waals surface area contributed by atoms with Gasteiger partial charge < -0.3 is 19.3 Å². The maximum absolute atomic E-state index is 11.6. The third-order valence-corrected chi connectivity index (χ3v) is 10.6. The van der Waals surface area contributed by atoms with Crippen LogP contribution in [0.5, 0.6) is 0 Å². The first-order chi connectivity index (χ1) is 14.2. The topological polar surface area (TPSA) is 65.0 Å². The Hall–Kier alpha value is -0.650. The van der Waals surface area contributed by atoms with Crippen LogP contribution in [-0.2, 0) is 19.0 Å². The average Bonchev–Trinajstić information content (AvgIpc) is 3.28. The quantitative estimate of drug-likeness (QED) is 0.675. The van der Waals surface area contributed by atoms with Crippen LogP contribution in [0.2, 0.25) is 0 Å². The van der Waals surface area contributed by atoms with E-state index in [0.717, 1.165) is 32.1 Å². The summed E-state index contributed by atoms with van der Waals surface area (Å²) in [4.78, 5) is 11.5. The number of fused-ring (bicyclic) bond motifs is 5. The Kier molecular flexibility index (Phi) is 5.08. The van der Waals surface area contributed by atoms with Crippen molar-refractivity contribution in [3.63, 3.8) is 0 Å². The average molecular weight is 421 g/mol. The fourth-order valence-electron chi connectivity index (χ4n) is 9.10. The van der Waals surface area contributed by atoms with E-state index in [9.17, 15) is 9.90 Å². The lowest BCUT2D eigenvalue weighted by molar-refractivity contribution is -0.242. The molecule has 5 fully saturated rings. The first-order valence-corrected chi connectivity index (χ1v) is 12.3. The van der Waals surface area contributed by atoms with Gasteiger partial charge >= 0.3 is 5.97 Å². The number of ether oxygens (including phenoxy) is 3. The van der Waals surface area contributed by atoms with Crippen molar-refractivity contribution >= 4 is 5.97 Å². The molecular formula is C25H40O5. The number of hydrogen-bond acceptors (Lipinski definition) is 5. The van der Waals surface area contributed by atoms with E-state index in [4.69, 9.17) is 14.2 Å². The second-order valence-electron chi connectivity index (χ2n) is 11.6.